The van der Waals surface area contributed by atoms with Gasteiger partial charge in [-0.2, -0.15) is 0 Å². The van der Waals surface area contributed by atoms with E-state index in [1.807, 2.05) is 0 Å². The molecule has 1 rings (SSSR count). The van der Waals surface area contributed by atoms with Crippen LogP contribution in [0, 0.1) is 0 Å². The Kier molecular flexibility index (Phi) is 4.60. The lowest BCUT2D eigenvalue weighted by molar-refractivity contribution is -0.138. The fourth-order valence-corrected chi connectivity index (χ4v) is 1.61. The zero-order chi connectivity index (χ0) is 13.0. The van der Waals surface area contributed by atoms with Crippen LogP contribution in [0.1, 0.15) is 18.5 Å². The van der Waals surface area contributed by atoms with E-state index in [0.29, 0.717) is 28.7 Å². The minimum Gasteiger partial charge on any atom is -0.495 e. The first-order chi connectivity index (χ1) is 8.01. The first-order valence-electron chi connectivity index (χ1n) is 4.99. The summed E-state index contributed by atoms with van der Waals surface area (Å²) in [6.45, 7) is 2.18. The van der Waals surface area contributed by atoms with E-state index >= 15 is 0 Å². The van der Waals surface area contributed by atoms with Crippen molar-refractivity contribution in [3.63, 3.8) is 0 Å². The molecule has 1 atom stereocenters. The summed E-state index contributed by atoms with van der Waals surface area (Å²) in [4.78, 5) is 10.9. The van der Waals surface area contributed by atoms with E-state index in [1.54, 1.807) is 6.92 Å². The molecule has 1 unspecified atom stereocenters. The van der Waals surface area contributed by atoms with Crippen molar-refractivity contribution >= 4 is 17.6 Å². The standard InChI is InChI=1S/C11H14ClNO4/c1-3-17-8-5-9(16-2)7(12)4-6(8)10(13)11(14)15/h4-5,10H,3,13H2,1-2H3,(H,14,15). The number of rotatable bonds is 5. The van der Waals surface area contributed by atoms with Gasteiger partial charge in [0.1, 0.15) is 17.5 Å². The lowest BCUT2D eigenvalue weighted by Crippen LogP contribution is -2.21. The lowest BCUT2D eigenvalue weighted by Gasteiger charge is -2.15. The molecule has 0 aliphatic heterocycles. The normalized spacial score (nSPS) is 12.0. The smallest absolute Gasteiger partial charge is 0.325 e. The van der Waals surface area contributed by atoms with Crippen molar-refractivity contribution in [1.82, 2.24) is 0 Å². The Morgan fingerprint density at radius 1 is 1.53 bits per heavy atom. The van der Waals surface area contributed by atoms with E-state index in [0.717, 1.165) is 0 Å². The van der Waals surface area contributed by atoms with Crippen molar-refractivity contribution in [3.05, 3.63) is 22.7 Å². The molecule has 5 nitrogen and oxygen atoms in total. The van der Waals surface area contributed by atoms with Crippen molar-refractivity contribution in [3.8, 4) is 11.5 Å². The Balaban J connectivity index is 3.26. The van der Waals surface area contributed by atoms with Crippen LogP contribution < -0.4 is 15.2 Å². The van der Waals surface area contributed by atoms with Crippen LogP contribution in [0.3, 0.4) is 0 Å². The molecule has 1 aromatic carbocycles. The van der Waals surface area contributed by atoms with E-state index < -0.39 is 12.0 Å². The summed E-state index contributed by atoms with van der Waals surface area (Å²) < 4.78 is 10.4. The number of benzene rings is 1. The Hall–Kier alpha value is -1.46. The number of carboxylic acids is 1. The van der Waals surface area contributed by atoms with E-state index in [2.05, 4.69) is 0 Å². The second-order valence-corrected chi connectivity index (χ2v) is 3.68. The molecule has 0 amide bonds. The molecule has 0 aromatic heterocycles. The second kappa shape index (κ2) is 5.75. The number of nitrogens with two attached hydrogens (primary N) is 1. The number of hydrogen-bond donors (Lipinski definition) is 2. The molecule has 3 N–H and O–H groups in total. The number of carbonyl (C=O) groups is 1. The number of aliphatic carboxylic acids is 1. The number of carboxylic acid groups (broad SMARTS) is 1. The average molecular weight is 260 g/mol. The molecule has 6 heteroatoms. The molecule has 17 heavy (non-hydrogen) atoms. The number of halogens is 1. The SMILES string of the molecule is CCOc1cc(OC)c(Cl)cc1C(N)C(=O)O. The van der Waals surface area contributed by atoms with Crippen LogP contribution in [0.2, 0.25) is 5.02 Å². The van der Waals surface area contributed by atoms with Gasteiger partial charge in [0.2, 0.25) is 0 Å². The number of ether oxygens (including phenoxy) is 2. The highest BCUT2D eigenvalue weighted by atomic mass is 35.5. The molecule has 0 saturated carbocycles. The fraction of sp³-hybridized carbons (Fsp3) is 0.364. The molecular formula is C11H14ClNO4. The molecule has 0 bridgehead atoms. The van der Waals surface area contributed by atoms with Crippen molar-refractivity contribution in [1.29, 1.82) is 0 Å². The maximum absolute atomic E-state index is 10.9. The van der Waals surface area contributed by atoms with Gasteiger partial charge in [-0.3, -0.25) is 4.79 Å². The van der Waals surface area contributed by atoms with Crippen LogP contribution in [0.5, 0.6) is 11.5 Å². The molecule has 0 saturated heterocycles. The van der Waals surface area contributed by atoms with Gasteiger partial charge in [-0.05, 0) is 13.0 Å². The van der Waals surface area contributed by atoms with Crippen molar-refractivity contribution < 1.29 is 19.4 Å². The maximum Gasteiger partial charge on any atom is 0.325 e. The van der Waals surface area contributed by atoms with Gasteiger partial charge in [0.25, 0.3) is 0 Å². The Morgan fingerprint density at radius 2 is 2.18 bits per heavy atom. The molecule has 0 aliphatic rings. The molecule has 94 valence electrons. The predicted molar refractivity (Wildman–Crippen MR) is 63.7 cm³/mol. The van der Waals surface area contributed by atoms with Gasteiger partial charge in [0, 0.05) is 11.6 Å². The van der Waals surface area contributed by atoms with E-state index in [-0.39, 0.29) is 0 Å². The van der Waals surface area contributed by atoms with Gasteiger partial charge in [0.05, 0.1) is 18.7 Å². The van der Waals surface area contributed by atoms with Crippen LogP contribution >= 0.6 is 11.6 Å². The maximum atomic E-state index is 10.9. The van der Waals surface area contributed by atoms with Crippen LogP contribution in [0.25, 0.3) is 0 Å². The van der Waals surface area contributed by atoms with Crippen LogP contribution in [0.4, 0.5) is 0 Å². The lowest BCUT2D eigenvalue weighted by atomic mass is 10.1. The predicted octanol–water partition coefficient (Wildman–Crippen LogP) is 1.83. The Labute approximate surface area is 104 Å². The Morgan fingerprint density at radius 3 is 2.65 bits per heavy atom. The van der Waals surface area contributed by atoms with Gasteiger partial charge < -0.3 is 20.3 Å². The summed E-state index contributed by atoms with van der Waals surface area (Å²) in [5, 5.41) is 9.18. The summed E-state index contributed by atoms with van der Waals surface area (Å²) in [7, 11) is 1.47. The summed E-state index contributed by atoms with van der Waals surface area (Å²) in [6, 6.07) is 1.80. The van der Waals surface area contributed by atoms with Crippen molar-refractivity contribution in [2.75, 3.05) is 13.7 Å². The highest BCUT2D eigenvalue weighted by Crippen LogP contribution is 2.35. The van der Waals surface area contributed by atoms with Crippen molar-refractivity contribution in [2.24, 2.45) is 5.73 Å². The molecule has 0 fully saturated rings. The summed E-state index contributed by atoms with van der Waals surface area (Å²) in [5.41, 5.74) is 5.87. The zero-order valence-corrected chi connectivity index (χ0v) is 10.3. The topological polar surface area (TPSA) is 81.8 Å². The molecule has 0 heterocycles. The van der Waals surface area contributed by atoms with Crippen molar-refractivity contribution in [2.45, 2.75) is 13.0 Å². The fourth-order valence-electron chi connectivity index (χ4n) is 1.36. The molecule has 0 aliphatic carbocycles. The third-order valence-electron chi connectivity index (χ3n) is 2.19. The first-order valence-corrected chi connectivity index (χ1v) is 5.37. The minimum absolute atomic E-state index is 0.294. The van der Waals surface area contributed by atoms with Gasteiger partial charge >= 0.3 is 5.97 Å². The Bertz CT molecular complexity index is 422. The van der Waals surface area contributed by atoms with Crippen LogP contribution in [0.15, 0.2) is 12.1 Å². The average Bonchev–Trinajstić information content (AvgIpc) is 2.30. The van der Waals surface area contributed by atoms with Gasteiger partial charge in [-0.1, -0.05) is 11.6 Å². The van der Waals surface area contributed by atoms with Gasteiger partial charge in [0.15, 0.2) is 0 Å². The van der Waals surface area contributed by atoms with Crippen LogP contribution in [-0.4, -0.2) is 24.8 Å². The van der Waals surface area contributed by atoms with Crippen LogP contribution in [-0.2, 0) is 4.79 Å². The first kappa shape index (κ1) is 13.6. The number of hydrogen-bond acceptors (Lipinski definition) is 4. The third kappa shape index (κ3) is 3.01. The molecule has 0 spiro atoms. The van der Waals surface area contributed by atoms with Gasteiger partial charge in [-0.25, -0.2) is 0 Å². The zero-order valence-electron chi connectivity index (χ0n) is 9.57. The van der Waals surface area contributed by atoms with Gasteiger partial charge in [-0.15, -0.1) is 0 Å². The largest absolute Gasteiger partial charge is 0.495 e. The molecule has 1 aromatic rings. The quantitative estimate of drug-likeness (QED) is 0.843. The molecule has 0 radical (unpaired) electrons. The van der Waals surface area contributed by atoms with E-state index in [4.69, 9.17) is 31.9 Å². The third-order valence-corrected chi connectivity index (χ3v) is 2.48. The van der Waals surface area contributed by atoms with E-state index in [1.165, 1.54) is 19.2 Å². The summed E-state index contributed by atoms with van der Waals surface area (Å²) >= 11 is 5.92. The minimum atomic E-state index is -1.18. The monoisotopic (exact) mass is 259 g/mol. The highest BCUT2D eigenvalue weighted by Gasteiger charge is 2.21. The second-order valence-electron chi connectivity index (χ2n) is 3.27. The van der Waals surface area contributed by atoms with E-state index in [9.17, 15) is 4.79 Å². The molecular weight excluding hydrogens is 246 g/mol. The number of methoxy groups -OCH3 is 1. The highest BCUT2D eigenvalue weighted by molar-refractivity contribution is 6.32. The summed E-state index contributed by atoms with van der Waals surface area (Å²) in [5.74, 6) is -0.368. The summed E-state index contributed by atoms with van der Waals surface area (Å²) in [6.07, 6.45) is 0.